The fourth-order valence-corrected chi connectivity index (χ4v) is 2.75. The van der Waals surface area contributed by atoms with Gasteiger partial charge in [-0.25, -0.2) is 0 Å². The highest BCUT2D eigenvalue weighted by molar-refractivity contribution is 5.28. The van der Waals surface area contributed by atoms with Crippen LogP contribution in [0.5, 0.6) is 0 Å². The highest BCUT2D eigenvalue weighted by atomic mass is 16.5. The van der Waals surface area contributed by atoms with Gasteiger partial charge in [0.1, 0.15) is 0 Å². The van der Waals surface area contributed by atoms with Crippen molar-refractivity contribution in [1.82, 2.24) is 5.32 Å². The summed E-state index contributed by atoms with van der Waals surface area (Å²) in [6.45, 7) is 5.28. The Morgan fingerprint density at radius 3 is 2.42 bits per heavy atom. The first-order valence-corrected chi connectivity index (χ1v) is 7.60. The molecule has 1 aromatic carbocycles. The third-order valence-electron chi connectivity index (χ3n) is 4.34. The average molecular weight is 261 g/mol. The molecule has 1 saturated carbocycles. The Kier molecular flexibility index (Phi) is 5.41. The number of benzene rings is 1. The molecule has 0 radical (unpaired) electrons. The van der Waals surface area contributed by atoms with Crippen molar-refractivity contribution < 1.29 is 4.74 Å². The van der Waals surface area contributed by atoms with Crippen LogP contribution < -0.4 is 5.32 Å². The van der Waals surface area contributed by atoms with Crippen molar-refractivity contribution in [3.05, 3.63) is 35.4 Å². The maximum Gasteiger partial charge on any atom is 0.0561 e. The van der Waals surface area contributed by atoms with E-state index in [0.29, 0.717) is 6.04 Å². The molecule has 2 atom stereocenters. The first kappa shape index (κ1) is 14.5. The molecule has 106 valence electrons. The second-order valence-electron chi connectivity index (χ2n) is 5.69. The molecule has 0 amide bonds. The zero-order chi connectivity index (χ0) is 13.7. The molecule has 19 heavy (non-hydrogen) atoms. The van der Waals surface area contributed by atoms with E-state index in [1.165, 1.54) is 30.4 Å². The van der Waals surface area contributed by atoms with Crippen LogP contribution in [0.2, 0.25) is 0 Å². The van der Waals surface area contributed by atoms with E-state index in [4.69, 9.17) is 4.74 Å². The van der Waals surface area contributed by atoms with Gasteiger partial charge in [-0.1, -0.05) is 37.6 Å². The highest BCUT2D eigenvalue weighted by Crippen LogP contribution is 2.36. The molecule has 0 aliphatic heterocycles. The Morgan fingerprint density at radius 1 is 1.26 bits per heavy atom. The maximum absolute atomic E-state index is 5.40. The molecule has 2 unspecified atom stereocenters. The highest BCUT2D eigenvalue weighted by Gasteiger charge is 2.20. The molecular weight excluding hydrogens is 234 g/mol. The fourth-order valence-electron chi connectivity index (χ4n) is 2.75. The van der Waals surface area contributed by atoms with Crippen LogP contribution in [-0.4, -0.2) is 19.8 Å². The Morgan fingerprint density at radius 2 is 1.95 bits per heavy atom. The van der Waals surface area contributed by atoms with Gasteiger partial charge < -0.3 is 10.1 Å². The zero-order valence-corrected chi connectivity index (χ0v) is 12.5. The van der Waals surface area contributed by atoms with Gasteiger partial charge in [0, 0.05) is 13.2 Å². The number of hydrogen-bond donors (Lipinski definition) is 1. The second kappa shape index (κ2) is 7.06. The number of ether oxygens (including phenoxy) is 1. The van der Waals surface area contributed by atoms with Gasteiger partial charge in [-0.2, -0.15) is 0 Å². The van der Waals surface area contributed by atoms with E-state index >= 15 is 0 Å². The first-order chi connectivity index (χ1) is 9.24. The number of hydrogen-bond acceptors (Lipinski definition) is 2. The summed E-state index contributed by atoms with van der Waals surface area (Å²) in [6.07, 6.45) is 5.45. The van der Waals surface area contributed by atoms with Gasteiger partial charge >= 0.3 is 0 Å². The van der Waals surface area contributed by atoms with Gasteiger partial charge in [-0.15, -0.1) is 0 Å². The van der Waals surface area contributed by atoms with Gasteiger partial charge in [0.15, 0.2) is 0 Å². The third-order valence-corrected chi connectivity index (χ3v) is 4.34. The molecule has 2 rings (SSSR count). The van der Waals surface area contributed by atoms with Gasteiger partial charge in [0.25, 0.3) is 0 Å². The second-order valence-corrected chi connectivity index (χ2v) is 5.69. The molecule has 1 N–H and O–H groups in total. The van der Waals surface area contributed by atoms with E-state index in [1.807, 2.05) is 0 Å². The summed E-state index contributed by atoms with van der Waals surface area (Å²) in [5.41, 5.74) is 2.90. The van der Waals surface area contributed by atoms with Crippen LogP contribution in [0.25, 0.3) is 0 Å². The van der Waals surface area contributed by atoms with E-state index in [0.717, 1.165) is 18.9 Å². The molecule has 2 nitrogen and oxygen atoms in total. The predicted octanol–water partition coefficient (Wildman–Crippen LogP) is 4.03. The molecule has 0 saturated heterocycles. The Labute approximate surface area is 117 Å². The molecule has 1 fully saturated rings. The summed E-state index contributed by atoms with van der Waals surface area (Å²) in [5.74, 6) is 0.824. The Balaban J connectivity index is 2.03. The first-order valence-electron chi connectivity index (χ1n) is 7.60. The molecule has 2 heteroatoms. The van der Waals surface area contributed by atoms with Crippen molar-refractivity contribution in [2.75, 3.05) is 13.7 Å². The van der Waals surface area contributed by atoms with Crippen molar-refractivity contribution in [1.29, 1.82) is 0 Å². The topological polar surface area (TPSA) is 21.3 Å². The summed E-state index contributed by atoms with van der Waals surface area (Å²) in [6, 6.07) is 9.63. The quantitative estimate of drug-likeness (QED) is 0.800. The van der Waals surface area contributed by atoms with Gasteiger partial charge in [0.2, 0.25) is 0 Å². The smallest absolute Gasteiger partial charge is 0.0561 e. The number of methoxy groups -OCH3 is 1. The van der Waals surface area contributed by atoms with E-state index in [-0.39, 0.29) is 6.10 Å². The lowest BCUT2D eigenvalue weighted by Crippen LogP contribution is -2.25. The molecule has 1 aliphatic rings. The molecule has 0 bridgehead atoms. The largest absolute Gasteiger partial charge is 0.382 e. The van der Waals surface area contributed by atoms with Crippen LogP contribution in [0.15, 0.2) is 24.3 Å². The minimum atomic E-state index is 0.287. The lowest BCUT2D eigenvalue weighted by molar-refractivity contribution is 0.101. The summed E-state index contributed by atoms with van der Waals surface area (Å²) >= 11 is 0. The van der Waals surface area contributed by atoms with E-state index in [1.54, 1.807) is 7.11 Å². The minimum Gasteiger partial charge on any atom is -0.382 e. The third kappa shape index (κ3) is 3.80. The molecular formula is C17H27NO. The van der Waals surface area contributed by atoms with Crippen molar-refractivity contribution in [3.63, 3.8) is 0 Å². The molecule has 0 heterocycles. The lowest BCUT2D eigenvalue weighted by atomic mass is 9.80. The molecule has 1 aliphatic carbocycles. The van der Waals surface area contributed by atoms with Crippen molar-refractivity contribution >= 4 is 0 Å². The van der Waals surface area contributed by atoms with Crippen LogP contribution in [0.4, 0.5) is 0 Å². The number of nitrogens with one attached hydrogen (secondary N) is 1. The summed E-state index contributed by atoms with van der Waals surface area (Å²) in [5, 5.41) is 3.56. The molecule has 0 spiro atoms. The fraction of sp³-hybridized carbons (Fsp3) is 0.647. The van der Waals surface area contributed by atoms with Gasteiger partial charge in [-0.05, 0) is 49.8 Å². The van der Waals surface area contributed by atoms with Crippen molar-refractivity contribution in [3.8, 4) is 0 Å². The predicted molar refractivity (Wildman–Crippen MR) is 80.5 cm³/mol. The monoisotopic (exact) mass is 261 g/mol. The van der Waals surface area contributed by atoms with Crippen LogP contribution in [0, 0.1) is 0 Å². The number of rotatable bonds is 7. The molecule has 1 aromatic rings. The van der Waals surface area contributed by atoms with Crippen LogP contribution in [-0.2, 0) is 4.74 Å². The van der Waals surface area contributed by atoms with E-state index in [9.17, 15) is 0 Å². The van der Waals surface area contributed by atoms with Gasteiger partial charge in [0.05, 0.1) is 6.10 Å². The van der Waals surface area contributed by atoms with Gasteiger partial charge in [-0.3, -0.25) is 0 Å². The lowest BCUT2D eigenvalue weighted by Gasteiger charge is -2.27. The summed E-state index contributed by atoms with van der Waals surface area (Å²) in [7, 11) is 1.79. The SMILES string of the molecule is CCNC(CC(C)OC)c1ccc(C2CCC2)cc1. The average Bonchev–Trinajstić information content (AvgIpc) is 2.37. The van der Waals surface area contributed by atoms with Crippen LogP contribution >= 0.6 is 0 Å². The van der Waals surface area contributed by atoms with Crippen molar-refractivity contribution in [2.24, 2.45) is 0 Å². The molecule has 0 aromatic heterocycles. The maximum atomic E-state index is 5.40. The Bertz CT molecular complexity index is 369. The van der Waals surface area contributed by atoms with E-state index < -0.39 is 0 Å². The van der Waals surface area contributed by atoms with Crippen LogP contribution in [0.1, 0.15) is 62.6 Å². The van der Waals surface area contributed by atoms with E-state index in [2.05, 4.69) is 43.4 Å². The normalized spacial score (nSPS) is 18.9. The standard InChI is InChI=1S/C17H27NO/c1-4-18-17(12-13(2)19-3)16-10-8-15(9-11-16)14-6-5-7-14/h8-11,13-14,17-18H,4-7,12H2,1-3H3. The van der Waals surface area contributed by atoms with Crippen LogP contribution in [0.3, 0.4) is 0 Å². The Hall–Kier alpha value is -0.860. The van der Waals surface area contributed by atoms with Crippen molar-refractivity contribution in [2.45, 2.75) is 57.6 Å². The summed E-state index contributed by atoms with van der Waals surface area (Å²) < 4.78 is 5.40. The minimum absolute atomic E-state index is 0.287. The summed E-state index contributed by atoms with van der Waals surface area (Å²) in [4.78, 5) is 0. The zero-order valence-electron chi connectivity index (χ0n) is 12.5.